The maximum atomic E-state index is 9.58. The summed E-state index contributed by atoms with van der Waals surface area (Å²) in [5.41, 5.74) is -0.125. The highest BCUT2D eigenvalue weighted by Gasteiger charge is 2.31. The molecule has 0 aliphatic heterocycles. The Kier molecular flexibility index (Phi) is 4.63. The molecule has 1 heterocycles. The number of aryl methyl sites for hydroxylation is 1. The number of aliphatic hydroxyl groups is 1. The van der Waals surface area contributed by atoms with Gasteiger partial charge in [-0.15, -0.1) is 0 Å². The van der Waals surface area contributed by atoms with Crippen molar-refractivity contribution in [3.63, 3.8) is 0 Å². The van der Waals surface area contributed by atoms with Gasteiger partial charge in [0.25, 0.3) is 0 Å². The molecule has 1 aliphatic rings. The minimum Gasteiger partial charge on any atom is -0.394 e. The highest BCUT2D eigenvalue weighted by molar-refractivity contribution is 4.98. The van der Waals surface area contributed by atoms with Crippen LogP contribution in [0.4, 0.5) is 0 Å². The van der Waals surface area contributed by atoms with Crippen LogP contribution in [0.2, 0.25) is 0 Å². The molecule has 1 unspecified atom stereocenters. The van der Waals surface area contributed by atoms with Gasteiger partial charge < -0.3 is 15.0 Å². The number of nitrogens with one attached hydrogen (secondary N) is 1. The van der Waals surface area contributed by atoms with Gasteiger partial charge in [0.2, 0.25) is 0 Å². The summed E-state index contributed by atoms with van der Waals surface area (Å²) < 4.78 is 2.24. The lowest BCUT2D eigenvalue weighted by Crippen LogP contribution is -2.47. The molecule has 1 fully saturated rings. The molecule has 0 radical (unpaired) electrons. The molecule has 0 spiro atoms. The van der Waals surface area contributed by atoms with E-state index in [0.29, 0.717) is 12.0 Å². The molecule has 0 bridgehead atoms. The number of aromatic nitrogens is 2. The molecular formula is C15H27N3O. The molecule has 1 atom stereocenters. The van der Waals surface area contributed by atoms with E-state index in [1.54, 1.807) is 0 Å². The Morgan fingerprint density at radius 3 is 2.84 bits per heavy atom. The number of hydrogen-bond donors (Lipinski definition) is 2. The van der Waals surface area contributed by atoms with E-state index in [4.69, 9.17) is 0 Å². The van der Waals surface area contributed by atoms with Crippen molar-refractivity contribution in [3.05, 3.63) is 18.2 Å². The van der Waals surface area contributed by atoms with E-state index in [9.17, 15) is 5.11 Å². The van der Waals surface area contributed by atoms with Crippen LogP contribution in [0.5, 0.6) is 0 Å². The van der Waals surface area contributed by atoms with Crippen molar-refractivity contribution in [3.8, 4) is 0 Å². The molecular weight excluding hydrogens is 238 g/mol. The molecule has 1 aliphatic carbocycles. The van der Waals surface area contributed by atoms with Crippen LogP contribution >= 0.6 is 0 Å². The van der Waals surface area contributed by atoms with Crippen molar-refractivity contribution in [2.45, 2.75) is 70.5 Å². The fraction of sp³-hybridized carbons (Fsp3) is 0.800. The first-order chi connectivity index (χ1) is 9.04. The minimum atomic E-state index is -0.125. The van der Waals surface area contributed by atoms with Gasteiger partial charge in [-0.25, -0.2) is 4.98 Å². The first-order valence-electron chi connectivity index (χ1n) is 7.44. The minimum absolute atomic E-state index is 0.125. The summed E-state index contributed by atoms with van der Waals surface area (Å²) in [5, 5.41) is 13.1. The Balaban J connectivity index is 1.82. The third-order valence-electron chi connectivity index (χ3n) is 3.87. The fourth-order valence-corrected chi connectivity index (χ4v) is 2.57. The highest BCUT2D eigenvalue weighted by Crippen LogP contribution is 2.25. The van der Waals surface area contributed by atoms with Crippen LogP contribution in [0, 0.1) is 0 Å². The quantitative estimate of drug-likeness (QED) is 0.758. The molecule has 2 N–H and O–H groups in total. The Morgan fingerprint density at radius 1 is 1.53 bits per heavy atom. The number of aliphatic hydroxyl groups excluding tert-OH is 1. The van der Waals surface area contributed by atoms with Crippen LogP contribution in [0.1, 0.15) is 58.2 Å². The lowest BCUT2D eigenvalue weighted by molar-refractivity contribution is 0.160. The average molecular weight is 265 g/mol. The number of nitrogens with zero attached hydrogens (tertiary/aromatic N) is 2. The maximum Gasteiger partial charge on any atom is 0.111 e. The third kappa shape index (κ3) is 4.05. The zero-order valence-electron chi connectivity index (χ0n) is 12.4. The van der Waals surface area contributed by atoms with E-state index in [1.807, 2.05) is 6.20 Å². The fourth-order valence-electron chi connectivity index (χ4n) is 2.57. The molecule has 0 saturated heterocycles. The van der Waals surface area contributed by atoms with Gasteiger partial charge in [0.15, 0.2) is 0 Å². The molecule has 1 aromatic heterocycles. The van der Waals surface area contributed by atoms with Crippen molar-refractivity contribution in [1.82, 2.24) is 14.9 Å². The Morgan fingerprint density at radius 2 is 2.26 bits per heavy atom. The van der Waals surface area contributed by atoms with Crippen molar-refractivity contribution < 1.29 is 5.11 Å². The van der Waals surface area contributed by atoms with Gasteiger partial charge in [0, 0.05) is 36.4 Å². The summed E-state index contributed by atoms with van der Waals surface area (Å²) >= 11 is 0. The van der Waals surface area contributed by atoms with Crippen molar-refractivity contribution in [2.24, 2.45) is 0 Å². The van der Waals surface area contributed by atoms with Gasteiger partial charge in [-0.05, 0) is 32.6 Å². The largest absolute Gasteiger partial charge is 0.394 e. The second kappa shape index (κ2) is 6.06. The highest BCUT2D eigenvalue weighted by atomic mass is 16.3. The number of imidazole rings is 1. The second-order valence-electron chi connectivity index (χ2n) is 6.37. The summed E-state index contributed by atoms with van der Waals surface area (Å²) in [6.45, 7) is 7.67. The van der Waals surface area contributed by atoms with Crippen LogP contribution in [-0.4, -0.2) is 32.8 Å². The van der Waals surface area contributed by atoms with Crippen molar-refractivity contribution >= 4 is 0 Å². The van der Waals surface area contributed by atoms with E-state index in [0.717, 1.165) is 25.2 Å². The van der Waals surface area contributed by atoms with Gasteiger partial charge in [-0.3, -0.25) is 0 Å². The van der Waals surface area contributed by atoms with Gasteiger partial charge in [0.1, 0.15) is 5.82 Å². The first kappa shape index (κ1) is 14.5. The van der Waals surface area contributed by atoms with Crippen LogP contribution < -0.4 is 5.32 Å². The second-order valence-corrected chi connectivity index (χ2v) is 6.37. The van der Waals surface area contributed by atoms with Gasteiger partial charge >= 0.3 is 0 Å². The Hall–Kier alpha value is -0.870. The number of rotatable bonds is 8. The van der Waals surface area contributed by atoms with Crippen LogP contribution in [-0.2, 0) is 6.54 Å². The first-order valence-corrected chi connectivity index (χ1v) is 7.44. The molecule has 1 saturated carbocycles. The molecule has 2 rings (SSSR count). The molecule has 19 heavy (non-hydrogen) atoms. The third-order valence-corrected chi connectivity index (χ3v) is 3.87. The normalized spacial score (nSPS) is 18.8. The van der Waals surface area contributed by atoms with E-state index in [-0.39, 0.29) is 12.1 Å². The predicted octanol–water partition coefficient (Wildman–Crippen LogP) is 2.29. The van der Waals surface area contributed by atoms with Crippen LogP contribution in [0.3, 0.4) is 0 Å². The monoisotopic (exact) mass is 265 g/mol. The van der Waals surface area contributed by atoms with Crippen molar-refractivity contribution in [2.75, 3.05) is 6.61 Å². The summed E-state index contributed by atoms with van der Waals surface area (Å²) in [5.74, 6) is 1.62. The zero-order valence-corrected chi connectivity index (χ0v) is 12.4. The Labute approximate surface area is 116 Å². The maximum absolute atomic E-state index is 9.58. The van der Waals surface area contributed by atoms with E-state index < -0.39 is 0 Å². The predicted molar refractivity (Wildman–Crippen MR) is 77.2 cm³/mol. The smallest absolute Gasteiger partial charge is 0.111 e. The summed E-state index contributed by atoms with van der Waals surface area (Å²) in [6, 6.07) is 0.636. The molecule has 4 heteroatoms. The average Bonchev–Trinajstić information content (AvgIpc) is 3.04. The molecule has 0 amide bonds. The standard InChI is InChI=1S/C15H27N3O/c1-12(2)14-16-8-10-18(14)9-4-7-15(3,11-19)17-13-5-6-13/h8,10,12-13,17,19H,4-7,9,11H2,1-3H3. The van der Waals surface area contributed by atoms with E-state index in [2.05, 4.69) is 41.8 Å². The van der Waals surface area contributed by atoms with Crippen molar-refractivity contribution in [1.29, 1.82) is 0 Å². The zero-order chi connectivity index (χ0) is 13.9. The summed E-state index contributed by atoms with van der Waals surface area (Å²) in [6.07, 6.45) is 8.51. The lowest BCUT2D eigenvalue weighted by atomic mass is 9.96. The number of hydrogen-bond acceptors (Lipinski definition) is 3. The Bertz CT molecular complexity index is 398. The SMILES string of the molecule is CC(C)c1nccn1CCCC(C)(CO)NC1CC1. The van der Waals surface area contributed by atoms with Gasteiger partial charge in [-0.1, -0.05) is 13.8 Å². The van der Waals surface area contributed by atoms with Gasteiger partial charge in [0.05, 0.1) is 6.61 Å². The topological polar surface area (TPSA) is 50.1 Å². The molecule has 0 aromatic carbocycles. The lowest BCUT2D eigenvalue weighted by Gasteiger charge is -2.29. The van der Waals surface area contributed by atoms with Gasteiger partial charge in [-0.2, -0.15) is 0 Å². The molecule has 1 aromatic rings. The molecule has 4 nitrogen and oxygen atoms in total. The summed E-state index contributed by atoms with van der Waals surface area (Å²) in [4.78, 5) is 4.41. The van der Waals surface area contributed by atoms with Crippen LogP contribution in [0.15, 0.2) is 12.4 Å². The van der Waals surface area contributed by atoms with Crippen LogP contribution in [0.25, 0.3) is 0 Å². The molecule has 108 valence electrons. The van der Waals surface area contributed by atoms with E-state index in [1.165, 1.54) is 12.8 Å². The van der Waals surface area contributed by atoms with E-state index >= 15 is 0 Å². The summed E-state index contributed by atoms with van der Waals surface area (Å²) in [7, 11) is 0.